The number of allylic oxidation sites excluding steroid dienone is 2. The van der Waals surface area contributed by atoms with Gasteiger partial charge >= 0.3 is 19.0 Å². The van der Waals surface area contributed by atoms with Crippen LogP contribution in [0.25, 0.3) is 5.57 Å². The molecule has 51 heavy (non-hydrogen) atoms. The lowest BCUT2D eigenvalue weighted by atomic mass is 9.75. The second-order valence-electron chi connectivity index (χ2n) is 19.4. The topological polar surface area (TPSA) is 26.4 Å². The van der Waals surface area contributed by atoms with E-state index in [0.29, 0.717) is 0 Å². The summed E-state index contributed by atoms with van der Waals surface area (Å²) in [5.74, 6) is -8.40. The lowest BCUT2D eigenvalue weighted by Crippen LogP contribution is -2.54. The lowest BCUT2D eigenvalue weighted by Gasteiger charge is -2.33. The highest BCUT2D eigenvalue weighted by Gasteiger charge is 2.62. The summed E-state index contributed by atoms with van der Waals surface area (Å²) in [5.41, 5.74) is 8.36. The maximum absolute atomic E-state index is 15.6. The third-order valence-corrected chi connectivity index (χ3v) is 10.0. The zero-order valence-corrected chi connectivity index (χ0v) is 34.3. The van der Waals surface area contributed by atoms with Crippen molar-refractivity contribution in [3.05, 3.63) is 75.3 Å². The van der Waals surface area contributed by atoms with Gasteiger partial charge in [0.15, 0.2) is 11.4 Å². The van der Waals surface area contributed by atoms with Crippen LogP contribution in [0.4, 0.5) is 17.6 Å². The number of halogens is 4. The van der Waals surface area contributed by atoms with Gasteiger partial charge in [-0.25, -0.2) is 4.49 Å². The summed E-state index contributed by atoms with van der Waals surface area (Å²) in [4.78, 5) is 0. The number of hydrogen-bond donors (Lipinski definition) is 0. The Morgan fingerprint density at radius 2 is 1.20 bits per heavy atom. The number of benzene rings is 1. The van der Waals surface area contributed by atoms with Crippen LogP contribution >= 0.6 is 0 Å². The Morgan fingerprint density at radius 1 is 0.686 bits per heavy atom. The van der Waals surface area contributed by atoms with Crippen molar-refractivity contribution in [2.45, 2.75) is 145 Å². The second-order valence-corrected chi connectivity index (χ2v) is 19.4. The van der Waals surface area contributed by atoms with E-state index in [9.17, 15) is 8.78 Å². The largest absolute Gasteiger partial charge is 0.805 e. The molecule has 0 spiro atoms. The summed E-state index contributed by atoms with van der Waals surface area (Å²) in [6.45, 7) is 31.4. The summed E-state index contributed by atoms with van der Waals surface area (Å²) in [6.07, 6.45) is 2.18. The van der Waals surface area contributed by atoms with Crippen molar-refractivity contribution in [2.24, 2.45) is 10.8 Å². The van der Waals surface area contributed by atoms with Crippen LogP contribution in [0.1, 0.15) is 156 Å². The molecule has 9 heteroatoms. The zero-order chi connectivity index (χ0) is 39.0. The highest BCUT2D eigenvalue weighted by molar-refractivity contribution is 6.45. The molecule has 0 saturated carbocycles. The first-order valence-electron chi connectivity index (χ1n) is 18.4. The molecule has 0 radical (unpaired) electrons. The van der Waals surface area contributed by atoms with Gasteiger partial charge < -0.3 is 9.39 Å². The first-order chi connectivity index (χ1) is 23.0. The van der Waals surface area contributed by atoms with E-state index in [1.165, 1.54) is 11.1 Å². The molecule has 0 N–H and O–H groups in total. The van der Waals surface area contributed by atoms with Gasteiger partial charge in [-0.3, -0.25) is 4.48 Å². The van der Waals surface area contributed by atoms with Gasteiger partial charge in [0, 0.05) is 35.3 Å². The van der Waals surface area contributed by atoms with E-state index >= 15 is 8.78 Å². The molecule has 0 unspecified atom stereocenters. The number of methoxy groups -OCH3 is 1. The number of aromatic nitrogens is 1. The van der Waals surface area contributed by atoms with E-state index in [0.717, 1.165) is 52.2 Å². The van der Waals surface area contributed by atoms with Crippen LogP contribution in [0.15, 0.2) is 41.6 Å². The summed E-state index contributed by atoms with van der Waals surface area (Å²) in [5, 5.41) is 0. The van der Waals surface area contributed by atoms with Crippen molar-refractivity contribution in [1.29, 1.82) is 0 Å². The smallest absolute Gasteiger partial charge is 0.378 e. The fourth-order valence-electron chi connectivity index (χ4n) is 7.03. The van der Waals surface area contributed by atoms with Crippen molar-refractivity contribution in [3.8, 4) is 0 Å². The molecule has 1 aromatic carbocycles. The fourth-order valence-corrected chi connectivity index (χ4v) is 7.03. The Hall–Kier alpha value is -2.65. The van der Waals surface area contributed by atoms with Gasteiger partial charge in [0.2, 0.25) is 0 Å². The van der Waals surface area contributed by atoms with Gasteiger partial charge in [-0.2, -0.15) is 17.6 Å². The van der Waals surface area contributed by atoms with Crippen LogP contribution in [0.3, 0.4) is 0 Å². The number of alkyl halides is 4. The quantitative estimate of drug-likeness (QED) is 0.191. The molecule has 0 atom stereocenters. The van der Waals surface area contributed by atoms with Crippen LogP contribution in [-0.4, -0.2) is 54.0 Å². The van der Waals surface area contributed by atoms with Crippen LogP contribution in [0.5, 0.6) is 0 Å². The Balaban J connectivity index is 2.30. The standard InChI is InChI=1S/C42H62BF4N2O2/c1-25(2)27-18-28(26(3)4)20-29(19-27)34-35-30(37(5,6)7)21-32(39(11,12)13)48(35)43(51-24-42(46,47)41(44,45)23-50-17)49-33(40(14,15)16)22-31(36(34)49)38(8,9)10/h18-22,25-26H,23-24H2,1-17H3/q+1. The van der Waals surface area contributed by atoms with Crippen molar-refractivity contribution < 1.29 is 31.4 Å². The van der Waals surface area contributed by atoms with E-state index in [1.54, 1.807) is 0 Å². The molecule has 0 fully saturated rings. The summed E-state index contributed by atoms with van der Waals surface area (Å²) in [6, 6.07) is 9.01. The molecular weight excluding hydrogens is 651 g/mol. The van der Waals surface area contributed by atoms with Crippen LogP contribution < -0.4 is 0 Å². The van der Waals surface area contributed by atoms with Gasteiger partial charge in [0.25, 0.3) is 0 Å². The Kier molecular flexibility index (Phi) is 10.8. The maximum Gasteiger partial charge on any atom is 0.805 e. The Labute approximate surface area is 305 Å². The average molecular weight is 714 g/mol. The molecule has 282 valence electrons. The number of fused-ring (bicyclic) bond motifs is 2. The molecule has 1 aromatic heterocycles. The number of rotatable bonds is 9. The van der Waals surface area contributed by atoms with E-state index in [2.05, 4.69) is 146 Å². The molecule has 0 bridgehead atoms. The van der Waals surface area contributed by atoms with Crippen LogP contribution in [0.2, 0.25) is 0 Å². The van der Waals surface area contributed by atoms with Crippen molar-refractivity contribution in [3.63, 3.8) is 0 Å². The van der Waals surface area contributed by atoms with Gasteiger partial charge in [0.1, 0.15) is 13.2 Å². The van der Waals surface area contributed by atoms with Gasteiger partial charge in [-0.1, -0.05) is 129 Å². The van der Waals surface area contributed by atoms with Crippen molar-refractivity contribution in [2.75, 3.05) is 20.3 Å². The lowest BCUT2D eigenvalue weighted by molar-refractivity contribution is -0.356. The highest BCUT2D eigenvalue weighted by Crippen LogP contribution is 2.51. The molecule has 4 nitrogen and oxygen atoms in total. The van der Waals surface area contributed by atoms with Crippen LogP contribution in [0, 0.1) is 10.8 Å². The molecule has 0 aliphatic carbocycles. The second kappa shape index (κ2) is 13.3. The summed E-state index contributed by atoms with van der Waals surface area (Å²) < 4.78 is 75.8. The zero-order valence-electron chi connectivity index (χ0n) is 34.3. The SMILES string of the molecule is COCC(F)(F)C(F)(F)COB1n2c(C(C)(C)C)cc(C(C)(C)C)c2C(c2cc(C(C)C)cc(C(C)C)c2)=C2C(C(C)(C)C)=CC(C(C)(C)C)=[N+]12. The van der Waals surface area contributed by atoms with E-state index < -0.39 is 43.1 Å². The molecular formula is C42H62BF4N2O2+. The molecule has 2 aliphatic rings. The molecule has 0 amide bonds. The molecule has 2 aliphatic heterocycles. The monoisotopic (exact) mass is 713 g/mol. The summed E-state index contributed by atoms with van der Waals surface area (Å²) in [7, 11) is -0.176. The minimum Gasteiger partial charge on any atom is -0.378 e. The first-order valence-corrected chi connectivity index (χ1v) is 18.4. The molecule has 3 heterocycles. The number of hydrogen-bond acceptors (Lipinski definition) is 2. The number of nitrogens with zero attached hydrogens (tertiary/aromatic N) is 2. The van der Waals surface area contributed by atoms with Crippen molar-refractivity contribution in [1.82, 2.24) is 4.48 Å². The van der Waals surface area contributed by atoms with Gasteiger partial charge in [-0.15, -0.1) is 0 Å². The van der Waals surface area contributed by atoms with E-state index in [-0.39, 0.29) is 22.7 Å². The maximum atomic E-state index is 15.6. The third kappa shape index (κ3) is 7.72. The minimum absolute atomic E-state index is 0.261. The molecule has 4 rings (SSSR count). The predicted molar refractivity (Wildman–Crippen MR) is 204 cm³/mol. The highest BCUT2D eigenvalue weighted by atomic mass is 19.3. The fraction of sp³-hybridized carbons (Fsp3) is 0.643. The van der Waals surface area contributed by atoms with E-state index in [4.69, 9.17) is 4.65 Å². The summed E-state index contributed by atoms with van der Waals surface area (Å²) >= 11 is 0. The third-order valence-electron chi connectivity index (χ3n) is 10.0. The van der Waals surface area contributed by atoms with Gasteiger partial charge in [-0.05, 0) is 51.0 Å². The Bertz CT molecular complexity index is 1720. The minimum atomic E-state index is -4.49. The Morgan fingerprint density at radius 3 is 1.61 bits per heavy atom. The molecule has 0 saturated heterocycles. The first kappa shape index (κ1) is 41.1. The van der Waals surface area contributed by atoms with Crippen molar-refractivity contribution >= 4 is 18.5 Å². The molecule has 2 aromatic rings. The van der Waals surface area contributed by atoms with E-state index in [1.807, 2.05) is 8.96 Å². The van der Waals surface area contributed by atoms with Crippen LogP contribution in [-0.2, 0) is 20.2 Å². The normalized spacial score (nSPS) is 16.5. The average Bonchev–Trinajstić information content (AvgIpc) is 3.55. The predicted octanol–water partition coefficient (Wildman–Crippen LogP) is 11.4. The van der Waals surface area contributed by atoms with Gasteiger partial charge in [0.05, 0.1) is 11.3 Å². The number of ether oxygens (including phenoxy) is 1.